The van der Waals surface area contributed by atoms with Crippen LogP contribution < -0.4 is 0 Å². The molecular formula is C13H15ClO4. The van der Waals surface area contributed by atoms with Crippen molar-refractivity contribution in [3.8, 4) is 0 Å². The zero-order chi connectivity index (χ0) is 13.5. The molecule has 0 aliphatic rings. The third-order valence-corrected chi connectivity index (χ3v) is 2.61. The summed E-state index contributed by atoms with van der Waals surface area (Å²) in [4.78, 5) is 22.8. The first-order valence-corrected chi connectivity index (χ1v) is 5.98. The largest absolute Gasteiger partial charge is 0.466 e. The van der Waals surface area contributed by atoms with Crippen molar-refractivity contribution in [2.45, 2.75) is 19.8 Å². The minimum Gasteiger partial charge on any atom is -0.466 e. The highest BCUT2D eigenvalue weighted by Crippen LogP contribution is 2.18. The number of methoxy groups -OCH3 is 1. The fourth-order valence-electron chi connectivity index (χ4n) is 1.55. The number of halogens is 1. The van der Waals surface area contributed by atoms with Gasteiger partial charge < -0.3 is 9.47 Å². The average Bonchev–Trinajstić information content (AvgIpc) is 2.36. The molecule has 4 nitrogen and oxygen atoms in total. The molecule has 98 valence electrons. The number of hydrogen-bond donors (Lipinski definition) is 0. The minimum absolute atomic E-state index is 0.207. The predicted molar refractivity (Wildman–Crippen MR) is 67.7 cm³/mol. The average molecular weight is 271 g/mol. The second-order valence-electron chi connectivity index (χ2n) is 3.60. The number of ether oxygens (including phenoxy) is 2. The molecule has 0 spiro atoms. The Morgan fingerprint density at radius 1 is 1.33 bits per heavy atom. The zero-order valence-electron chi connectivity index (χ0n) is 10.4. The molecule has 0 heterocycles. The van der Waals surface area contributed by atoms with E-state index in [2.05, 4.69) is 4.74 Å². The highest BCUT2D eigenvalue weighted by molar-refractivity contribution is 6.30. The Bertz CT molecular complexity index is 443. The van der Waals surface area contributed by atoms with E-state index in [0.717, 1.165) is 0 Å². The van der Waals surface area contributed by atoms with Crippen LogP contribution in [0.3, 0.4) is 0 Å². The van der Waals surface area contributed by atoms with Crippen molar-refractivity contribution in [3.05, 3.63) is 34.3 Å². The first kappa shape index (κ1) is 14.5. The number of aryl methyl sites for hydroxylation is 1. The van der Waals surface area contributed by atoms with E-state index < -0.39 is 5.97 Å². The lowest BCUT2D eigenvalue weighted by Crippen LogP contribution is -2.09. The van der Waals surface area contributed by atoms with Crippen LogP contribution in [0.2, 0.25) is 5.02 Å². The number of hydrogen-bond acceptors (Lipinski definition) is 4. The summed E-state index contributed by atoms with van der Waals surface area (Å²) >= 11 is 5.87. The van der Waals surface area contributed by atoms with Gasteiger partial charge in [-0.3, -0.25) is 4.79 Å². The second kappa shape index (κ2) is 7.01. The van der Waals surface area contributed by atoms with Crippen LogP contribution in [-0.2, 0) is 20.7 Å². The van der Waals surface area contributed by atoms with Crippen molar-refractivity contribution in [2.24, 2.45) is 0 Å². The molecule has 0 N–H and O–H groups in total. The van der Waals surface area contributed by atoms with Crippen LogP contribution in [0.15, 0.2) is 18.2 Å². The summed E-state index contributed by atoms with van der Waals surface area (Å²) in [7, 11) is 1.31. The van der Waals surface area contributed by atoms with Gasteiger partial charge in [-0.1, -0.05) is 11.6 Å². The Morgan fingerprint density at radius 2 is 2.06 bits per heavy atom. The fourth-order valence-corrected chi connectivity index (χ4v) is 1.74. The molecule has 18 heavy (non-hydrogen) atoms. The topological polar surface area (TPSA) is 52.6 Å². The van der Waals surface area contributed by atoms with Gasteiger partial charge in [-0.15, -0.1) is 0 Å². The molecule has 0 saturated carbocycles. The maximum Gasteiger partial charge on any atom is 0.338 e. The highest BCUT2D eigenvalue weighted by Gasteiger charge is 2.13. The quantitative estimate of drug-likeness (QED) is 0.772. The molecule has 0 unspecified atom stereocenters. The molecular weight excluding hydrogens is 256 g/mol. The van der Waals surface area contributed by atoms with Gasteiger partial charge >= 0.3 is 11.9 Å². The molecule has 0 fully saturated rings. The van der Waals surface area contributed by atoms with Gasteiger partial charge in [0.15, 0.2) is 0 Å². The van der Waals surface area contributed by atoms with E-state index in [9.17, 15) is 9.59 Å². The summed E-state index contributed by atoms with van der Waals surface area (Å²) in [6.45, 7) is 2.09. The van der Waals surface area contributed by atoms with Crippen LogP contribution in [0.1, 0.15) is 29.3 Å². The van der Waals surface area contributed by atoms with Crippen molar-refractivity contribution in [1.82, 2.24) is 0 Å². The van der Waals surface area contributed by atoms with Crippen molar-refractivity contribution >= 4 is 23.5 Å². The molecule has 1 rings (SSSR count). The van der Waals surface area contributed by atoms with Gasteiger partial charge in [0.2, 0.25) is 0 Å². The molecule has 1 aromatic rings. The number of esters is 2. The van der Waals surface area contributed by atoms with E-state index in [0.29, 0.717) is 29.2 Å². The summed E-state index contributed by atoms with van der Waals surface area (Å²) in [5.74, 6) is -0.737. The third kappa shape index (κ3) is 4.04. The maximum atomic E-state index is 11.5. The summed E-state index contributed by atoms with van der Waals surface area (Å²) in [6.07, 6.45) is 0.599. The van der Waals surface area contributed by atoms with E-state index >= 15 is 0 Å². The monoisotopic (exact) mass is 270 g/mol. The van der Waals surface area contributed by atoms with Gasteiger partial charge in [0.05, 0.1) is 19.3 Å². The van der Waals surface area contributed by atoms with Crippen LogP contribution >= 0.6 is 11.6 Å². The Hall–Kier alpha value is -1.55. The van der Waals surface area contributed by atoms with E-state index in [1.54, 1.807) is 25.1 Å². The van der Waals surface area contributed by atoms with E-state index in [4.69, 9.17) is 16.3 Å². The molecule has 5 heteroatoms. The van der Waals surface area contributed by atoms with Crippen LogP contribution in [0.25, 0.3) is 0 Å². The van der Waals surface area contributed by atoms with E-state index in [1.807, 2.05) is 0 Å². The lowest BCUT2D eigenvalue weighted by molar-refractivity contribution is -0.143. The molecule has 0 bridgehead atoms. The summed E-state index contributed by atoms with van der Waals surface area (Å²) < 4.78 is 9.51. The SMILES string of the molecule is CCOC(=O)CCc1cc(Cl)ccc1C(=O)OC. The molecule has 0 atom stereocenters. The first-order chi connectivity index (χ1) is 8.58. The van der Waals surface area contributed by atoms with Crippen LogP contribution in [0, 0.1) is 0 Å². The highest BCUT2D eigenvalue weighted by atomic mass is 35.5. The number of benzene rings is 1. The lowest BCUT2D eigenvalue weighted by Gasteiger charge is -2.08. The van der Waals surface area contributed by atoms with Gasteiger partial charge in [0.25, 0.3) is 0 Å². The molecule has 0 aliphatic carbocycles. The Kier molecular flexibility index (Phi) is 5.65. The van der Waals surface area contributed by atoms with Crippen molar-refractivity contribution in [1.29, 1.82) is 0 Å². The van der Waals surface area contributed by atoms with Gasteiger partial charge in [-0.05, 0) is 37.1 Å². The van der Waals surface area contributed by atoms with Gasteiger partial charge in [0.1, 0.15) is 0 Å². The Balaban J connectivity index is 2.82. The van der Waals surface area contributed by atoms with Gasteiger partial charge in [-0.2, -0.15) is 0 Å². The van der Waals surface area contributed by atoms with E-state index in [-0.39, 0.29) is 12.4 Å². The molecule has 0 radical (unpaired) electrons. The second-order valence-corrected chi connectivity index (χ2v) is 4.03. The van der Waals surface area contributed by atoms with Crippen LogP contribution in [-0.4, -0.2) is 25.7 Å². The third-order valence-electron chi connectivity index (χ3n) is 2.38. The molecule has 0 amide bonds. The number of rotatable bonds is 5. The zero-order valence-corrected chi connectivity index (χ0v) is 11.1. The summed E-state index contributed by atoms with van der Waals surface area (Å²) in [5.41, 5.74) is 1.11. The Morgan fingerprint density at radius 3 is 2.67 bits per heavy atom. The molecule has 0 saturated heterocycles. The van der Waals surface area contributed by atoms with Gasteiger partial charge in [-0.25, -0.2) is 4.79 Å². The maximum absolute atomic E-state index is 11.5. The van der Waals surface area contributed by atoms with Crippen molar-refractivity contribution < 1.29 is 19.1 Å². The predicted octanol–water partition coefficient (Wildman–Crippen LogP) is 2.62. The normalized spacial score (nSPS) is 9.94. The van der Waals surface area contributed by atoms with Gasteiger partial charge in [0, 0.05) is 11.4 Å². The van der Waals surface area contributed by atoms with Crippen LogP contribution in [0.4, 0.5) is 0 Å². The van der Waals surface area contributed by atoms with E-state index in [1.165, 1.54) is 7.11 Å². The summed E-state index contributed by atoms with van der Waals surface area (Å²) in [6, 6.07) is 4.86. The molecule has 0 aromatic heterocycles. The fraction of sp³-hybridized carbons (Fsp3) is 0.385. The smallest absolute Gasteiger partial charge is 0.338 e. The number of carbonyl (C=O) groups is 2. The summed E-state index contributed by atoms with van der Waals surface area (Å²) in [5, 5.41) is 0.515. The first-order valence-electron chi connectivity index (χ1n) is 5.60. The van der Waals surface area contributed by atoms with Crippen LogP contribution in [0.5, 0.6) is 0 Å². The van der Waals surface area contributed by atoms with Crippen molar-refractivity contribution in [2.75, 3.05) is 13.7 Å². The standard InChI is InChI=1S/C13H15ClO4/c1-3-18-12(15)7-4-9-8-10(14)5-6-11(9)13(16)17-2/h5-6,8H,3-4,7H2,1-2H3. The molecule has 0 aliphatic heterocycles. The minimum atomic E-state index is -0.439. The lowest BCUT2D eigenvalue weighted by atomic mass is 10.0. The Labute approximate surface area is 111 Å². The van der Waals surface area contributed by atoms with Crippen molar-refractivity contribution in [3.63, 3.8) is 0 Å². The number of carbonyl (C=O) groups excluding carboxylic acids is 2. The molecule has 1 aromatic carbocycles.